The Morgan fingerprint density at radius 2 is 1.72 bits per heavy atom. The van der Waals surface area contributed by atoms with Crippen LogP contribution < -0.4 is 5.73 Å². The zero-order valence-electron chi connectivity index (χ0n) is 10.6. The molecule has 0 atom stereocenters. The van der Waals surface area contributed by atoms with E-state index < -0.39 is 10.0 Å². The lowest BCUT2D eigenvalue weighted by molar-refractivity contribution is 0.196. The van der Waals surface area contributed by atoms with Gasteiger partial charge in [0.1, 0.15) is 4.90 Å². The summed E-state index contributed by atoms with van der Waals surface area (Å²) in [6, 6.07) is 0. The van der Waals surface area contributed by atoms with E-state index in [1.165, 1.54) is 16.7 Å². The number of nitrogens with two attached hydrogens (primary N) is 1. The first kappa shape index (κ1) is 13.2. The molecule has 0 saturated carbocycles. The molecule has 1 aliphatic rings. The molecule has 1 saturated heterocycles. The van der Waals surface area contributed by atoms with E-state index in [0.29, 0.717) is 13.1 Å². The largest absolute Gasteiger partial charge is 0.368 e. The quantitative estimate of drug-likeness (QED) is 0.861. The predicted molar refractivity (Wildman–Crippen MR) is 68.2 cm³/mol. The Morgan fingerprint density at radius 3 is 2.22 bits per heavy atom. The molecule has 18 heavy (non-hydrogen) atoms. The van der Waals surface area contributed by atoms with Gasteiger partial charge in [0, 0.05) is 13.1 Å². The molecular weight excluding hydrogens is 252 g/mol. The maximum Gasteiger partial charge on any atom is 0.246 e. The third-order valence-corrected chi connectivity index (χ3v) is 5.21. The Kier molecular flexibility index (Phi) is 3.29. The summed E-state index contributed by atoms with van der Waals surface area (Å²) in [5.41, 5.74) is 5.57. The summed E-state index contributed by atoms with van der Waals surface area (Å²) in [6.45, 7) is 5.39. The molecule has 0 radical (unpaired) electrons. The van der Waals surface area contributed by atoms with Crippen molar-refractivity contribution in [2.45, 2.75) is 31.6 Å². The van der Waals surface area contributed by atoms with Gasteiger partial charge in [0.25, 0.3) is 0 Å². The van der Waals surface area contributed by atoms with Gasteiger partial charge in [-0.3, -0.25) is 0 Å². The second-order valence-electron chi connectivity index (χ2n) is 5.35. The van der Waals surface area contributed by atoms with Crippen LogP contribution >= 0.6 is 0 Å². The van der Waals surface area contributed by atoms with E-state index in [1.54, 1.807) is 0 Å². The smallest absolute Gasteiger partial charge is 0.246 e. The summed E-state index contributed by atoms with van der Waals surface area (Å²) in [7, 11) is -3.48. The van der Waals surface area contributed by atoms with E-state index in [2.05, 4.69) is 23.8 Å². The maximum atomic E-state index is 12.3. The summed E-state index contributed by atoms with van der Waals surface area (Å²) >= 11 is 0. The number of aromatic nitrogens is 2. The standard InChI is InChI=1S/C11H18N4O2S/c1-11(2)3-5-15(6-4-11)18(16,17)9-7-13-10(12)14-8-9/h7-8H,3-6H2,1-2H3,(H2,12,13,14). The van der Waals surface area contributed by atoms with Gasteiger partial charge < -0.3 is 5.73 Å². The lowest BCUT2D eigenvalue weighted by atomic mass is 9.83. The third kappa shape index (κ3) is 2.62. The average Bonchev–Trinajstić information content (AvgIpc) is 2.29. The summed E-state index contributed by atoms with van der Waals surface area (Å²) in [4.78, 5) is 7.57. The molecule has 0 aromatic carbocycles. The molecular formula is C11H18N4O2S. The van der Waals surface area contributed by atoms with Gasteiger partial charge >= 0.3 is 0 Å². The van der Waals surface area contributed by atoms with Crippen LogP contribution in [0.25, 0.3) is 0 Å². The maximum absolute atomic E-state index is 12.3. The first-order valence-electron chi connectivity index (χ1n) is 5.89. The average molecular weight is 270 g/mol. The van der Waals surface area contributed by atoms with Crippen LogP contribution in [0, 0.1) is 5.41 Å². The van der Waals surface area contributed by atoms with E-state index in [-0.39, 0.29) is 16.3 Å². The number of sulfonamides is 1. The fourth-order valence-corrected chi connectivity index (χ4v) is 3.27. The van der Waals surface area contributed by atoms with Crippen molar-refractivity contribution in [2.24, 2.45) is 5.41 Å². The molecule has 6 nitrogen and oxygen atoms in total. The topological polar surface area (TPSA) is 89.2 Å². The van der Waals surface area contributed by atoms with Gasteiger partial charge in [-0.1, -0.05) is 13.8 Å². The highest BCUT2D eigenvalue weighted by atomic mass is 32.2. The van der Waals surface area contributed by atoms with Crippen LogP contribution in [0.4, 0.5) is 5.95 Å². The van der Waals surface area contributed by atoms with Crippen LogP contribution in [0.5, 0.6) is 0 Å². The summed E-state index contributed by atoms with van der Waals surface area (Å²) in [5.74, 6) is 0.0775. The zero-order chi connectivity index (χ0) is 13.4. The first-order chi connectivity index (χ1) is 8.31. The number of nitrogens with zero attached hydrogens (tertiary/aromatic N) is 3. The van der Waals surface area contributed by atoms with Gasteiger partial charge in [0.05, 0.1) is 12.4 Å². The van der Waals surface area contributed by atoms with Crippen molar-refractivity contribution < 1.29 is 8.42 Å². The highest BCUT2D eigenvalue weighted by molar-refractivity contribution is 7.89. The molecule has 1 aromatic rings. The van der Waals surface area contributed by atoms with Crippen LogP contribution in [-0.2, 0) is 10.0 Å². The van der Waals surface area contributed by atoms with E-state index in [4.69, 9.17) is 5.73 Å². The van der Waals surface area contributed by atoms with Gasteiger partial charge in [-0.05, 0) is 18.3 Å². The van der Waals surface area contributed by atoms with Crippen LogP contribution in [0.2, 0.25) is 0 Å². The molecule has 100 valence electrons. The minimum Gasteiger partial charge on any atom is -0.368 e. The summed E-state index contributed by atoms with van der Waals surface area (Å²) in [6.07, 6.45) is 4.25. The predicted octanol–water partition coefficient (Wildman–Crippen LogP) is 0.870. The van der Waals surface area contributed by atoms with Gasteiger partial charge in [0.15, 0.2) is 0 Å². The van der Waals surface area contributed by atoms with E-state index in [9.17, 15) is 8.42 Å². The number of nitrogen functional groups attached to an aromatic ring is 1. The molecule has 0 amide bonds. The van der Waals surface area contributed by atoms with Crippen molar-refractivity contribution in [2.75, 3.05) is 18.8 Å². The Hall–Kier alpha value is -1.21. The van der Waals surface area contributed by atoms with Crippen LogP contribution in [0.1, 0.15) is 26.7 Å². The van der Waals surface area contributed by atoms with Crippen LogP contribution in [-0.4, -0.2) is 35.8 Å². The zero-order valence-corrected chi connectivity index (χ0v) is 11.4. The number of hydrogen-bond donors (Lipinski definition) is 1. The van der Waals surface area contributed by atoms with Crippen molar-refractivity contribution in [3.8, 4) is 0 Å². The number of piperidine rings is 1. The van der Waals surface area contributed by atoms with Gasteiger partial charge in [-0.15, -0.1) is 0 Å². The molecule has 0 bridgehead atoms. The van der Waals surface area contributed by atoms with Gasteiger partial charge in [-0.2, -0.15) is 4.31 Å². The fourth-order valence-electron chi connectivity index (χ4n) is 1.94. The minimum atomic E-state index is -3.48. The molecule has 2 heterocycles. The fraction of sp³-hybridized carbons (Fsp3) is 0.636. The molecule has 1 aromatic heterocycles. The Balaban J connectivity index is 2.20. The highest BCUT2D eigenvalue weighted by Gasteiger charge is 2.32. The number of rotatable bonds is 2. The Labute approximate surface area is 107 Å². The normalized spacial score (nSPS) is 20.8. The molecule has 7 heteroatoms. The summed E-state index contributed by atoms with van der Waals surface area (Å²) < 4.78 is 26.1. The highest BCUT2D eigenvalue weighted by Crippen LogP contribution is 2.32. The van der Waals surface area contributed by atoms with E-state index in [1.807, 2.05) is 0 Å². The molecule has 1 aliphatic heterocycles. The minimum absolute atomic E-state index is 0.0775. The van der Waals surface area contributed by atoms with Crippen LogP contribution in [0.3, 0.4) is 0 Å². The van der Waals surface area contributed by atoms with E-state index in [0.717, 1.165) is 12.8 Å². The molecule has 0 aliphatic carbocycles. The number of anilines is 1. The Morgan fingerprint density at radius 1 is 1.22 bits per heavy atom. The second-order valence-corrected chi connectivity index (χ2v) is 7.28. The van der Waals surface area contributed by atoms with Crippen molar-refractivity contribution >= 4 is 16.0 Å². The number of hydrogen-bond acceptors (Lipinski definition) is 5. The van der Waals surface area contributed by atoms with Crippen LogP contribution in [0.15, 0.2) is 17.3 Å². The molecule has 0 unspecified atom stereocenters. The monoisotopic (exact) mass is 270 g/mol. The lowest BCUT2D eigenvalue weighted by Gasteiger charge is -2.35. The second kappa shape index (κ2) is 4.47. The Bertz CT molecular complexity index is 514. The molecule has 0 spiro atoms. The molecule has 1 fully saturated rings. The SMILES string of the molecule is CC1(C)CCN(S(=O)(=O)c2cnc(N)nc2)CC1. The third-order valence-electron chi connectivity index (χ3n) is 3.36. The lowest BCUT2D eigenvalue weighted by Crippen LogP contribution is -2.41. The molecule has 2 rings (SSSR count). The summed E-state index contributed by atoms with van der Waals surface area (Å²) in [5, 5.41) is 0. The van der Waals surface area contributed by atoms with Crippen molar-refractivity contribution in [3.05, 3.63) is 12.4 Å². The van der Waals surface area contributed by atoms with Gasteiger partial charge in [0.2, 0.25) is 16.0 Å². The van der Waals surface area contributed by atoms with Crippen molar-refractivity contribution in [3.63, 3.8) is 0 Å². The van der Waals surface area contributed by atoms with Crippen molar-refractivity contribution in [1.29, 1.82) is 0 Å². The van der Waals surface area contributed by atoms with Gasteiger partial charge in [-0.25, -0.2) is 18.4 Å². The van der Waals surface area contributed by atoms with E-state index >= 15 is 0 Å². The van der Waals surface area contributed by atoms with Crippen molar-refractivity contribution in [1.82, 2.24) is 14.3 Å². The first-order valence-corrected chi connectivity index (χ1v) is 7.33. The molecule has 2 N–H and O–H groups in total.